The first-order chi connectivity index (χ1) is 14.4. The zero-order valence-electron chi connectivity index (χ0n) is 18.4. The first-order valence-electron chi connectivity index (χ1n) is 11.3. The van der Waals surface area contributed by atoms with Gasteiger partial charge in [0.25, 0.3) is 0 Å². The van der Waals surface area contributed by atoms with Crippen molar-refractivity contribution in [2.75, 3.05) is 24.5 Å². The van der Waals surface area contributed by atoms with E-state index < -0.39 is 11.5 Å². The lowest BCUT2D eigenvalue weighted by Gasteiger charge is -2.44. The highest BCUT2D eigenvalue weighted by molar-refractivity contribution is 5.90. The number of nitrogens with one attached hydrogen (secondary N) is 1. The van der Waals surface area contributed by atoms with Gasteiger partial charge in [-0.15, -0.1) is 0 Å². The lowest BCUT2D eigenvalue weighted by atomic mass is 9.71. The van der Waals surface area contributed by atoms with Crippen molar-refractivity contribution in [3.8, 4) is 0 Å². The van der Waals surface area contributed by atoms with Crippen LogP contribution in [0.5, 0.6) is 0 Å². The van der Waals surface area contributed by atoms with Gasteiger partial charge in [0.2, 0.25) is 5.91 Å². The largest absolute Gasteiger partial charge is 0.391 e. The molecule has 2 saturated heterocycles. The van der Waals surface area contributed by atoms with Crippen LogP contribution in [-0.2, 0) is 17.8 Å². The lowest BCUT2D eigenvalue weighted by Crippen LogP contribution is -2.56. The van der Waals surface area contributed by atoms with Crippen LogP contribution in [0.25, 0.3) is 11.0 Å². The number of unbranched alkanes of at least 4 members (excludes halogenated alkanes) is 1. The van der Waals surface area contributed by atoms with Gasteiger partial charge in [0.05, 0.1) is 22.6 Å². The van der Waals surface area contributed by atoms with Gasteiger partial charge < -0.3 is 15.3 Å². The van der Waals surface area contributed by atoms with E-state index in [1.54, 1.807) is 6.33 Å². The van der Waals surface area contributed by atoms with Gasteiger partial charge in [-0.2, -0.15) is 5.10 Å². The summed E-state index contributed by atoms with van der Waals surface area (Å²) in [6.45, 7) is 9.31. The van der Waals surface area contributed by atoms with Crippen LogP contribution in [0.1, 0.15) is 58.6 Å². The van der Waals surface area contributed by atoms with Crippen molar-refractivity contribution in [1.29, 1.82) is 0 Å². The minimum atomic E-state index is -0.452. The molecule has 4 rings (SSSR count). The monoisotopic (exact) mass is 414 g/mol. The van der Waals surface area contributed by atoms with Crippen molar-refractivity contribution < 1.29 is 9.90 Å². The Labute approximate surface area is 178 Å². The summed E-state index contributed by atoms with van der Waals surface area (Å²) in [5, 5.41) is 19.0. The topological polar surface area (TPSA) is 96.2 Å². The van der Waals surface area contributed by atoms with Gasteiger partial charge >= 0.3 is 0 Å². The maximum absolute atomic E-state index is 12.6. The molecule has 2 aliphatic heterocycles. The highest BCUT2D eigenvalue weighted by atomic mass is 16.3. The minimum Gasteiger partial charge on any atom is -0.391 e. The van der Waals surface area contributed by atoms with Crippen LogP contribution in [0.4, 0.5) is 5.82 Å². The van der Waals surface area contributed by atoms with E-state index in [0.29, 0.717) is 18.9 Å². The Morgan fingerprint density at radius 1 is 1.30 bits per heavy atom. The predicted octanol–water partition coefficient (Wildman–Crippen LogP) is 2.29. The maximum atomic E-state index is 12.6. The number of β-amino-alcohol motifs (C(OH)–C–C–N with tert-alkyl or cyclic N) is 1. The minimum absolute atomic E-state index is 0.0909. The van der Waals surface area contributed by atoms with Crippen molar-refractivity contribution in [3.05, 3.63) is 12.0 Å². The van der Waals surface area contributed by atoms with Crippen molar-refractivity contribution >= 4 is 22.8 Å². The van der Waals surface area contributed by atoms with Crippen molar-refractivity contribution in [2.24, 2.45) is 11.3 Å². The van der Waals surface area contributed by atoms with E-state index in [9.17, 15) is 9.90 Å². The molecular weight excluding hydrogens is 380 g/mol. The Balaban J connectivity index is 1.64. The van der Waals surface area contributed by atoms with Crippen LogP contribution in [0.15, 0.2) is 6.33 Å². The normalized spacial score (nSPS) is 21.6. The molecule has 1 unspecified atom stereocenters. The number of rotatable bonds is 6. The van der Waals surface area contributed by atoms with E-state index >= 15 is 0 Å². The number of aromatic nitrogens is 4. The number of hydrogen-bond acceptors (Lipinski definition) is 6. The van der Waals surface area contributed by atoms with Gasteiger partial charge in [0.1, 0.15) is 12.1 Å². The Bertz CT molecular complexity index is 900. The van der Waals surface area contributed by atoms with E-state index in [1.165, 1.54) is 0 Å². The smallest absolute Gasteiger partial charge is 0.226 e. The van der Waals surface area contributed by atoms with Gasteiger partial charge in [0.15, 0.2) is 5.65 Å². The molecule has 8 heteroatoms. The fourth-order valence-electron chi connectivity index (χ4n) is 4.89. The average molecular weight is 415 g/mol. The SMILES string of the molecule is CCCCn1nc(CC(C)C)c2c(N3CCC4(CC3)CC(O)CNC4=O)ncnc21. The predicted molar refractivity (Wildman–Crippen MR) is 116 cm³/mol. The number of aliphatic hydroxyl groups excluding tert-OH is 1. The van der Waals surface area contributed by atoms with Crippen LogP contribution < -0.4 is 10.2 Å². The Morgan fingerprint density at radius 3 is 2.77 bits per heavy atom. The third-order valence-corrected chi connectivity index (χ3v) is 6.53. The second-order valence-electron chi connectivity index (χ2n) is 9.35. The number of amides is 1. The number of anilines is 1. The van der Waals surface area contributed by atoms with Crippen LogP contribution in [0, 0.1) is 11.3 Å². The summed E-state index contributed by atoms with van der Waals surface area (Å²) in [4.78, 5) is 24.1. The summed E-state index contributed by atoms with van der Waals surface area (Å²) in [6, 6.07) is 0. The van der Waals surface area contributed by atoms with E-state index in [2.05, 4.69) is 41.0 Å². The third kappa shape index (κ3) is 3.89. The summed E-state index contributed by atoms with van der Waals surface area (Å²) >= 11 is 0. The number of aliphatic hydroxyl groups is 1. The van der Waals surface area contributed by atoms with Gasteiger partial charge in [-0.25, -0.2) is 14.6 Å². The fraction of sp³-hybridized carbons (Fsp3) is 0.727. The molecule has 0 radical (unpaired) electrons. The summed E-state index contributed by atoms with van der Waals surface area (Å²) < 4.78 is 2.04. The number of hydrogen-bond donors (Lipinski definition) is 2. The Morgan fingerprint density at radius 2 is 2.07 bits per heavy atom. The maximum Gasteiger partial charge on any atom is 0.226 e. The van der Waals surface area contributed by atoms with Crippen molar-refractivity contribution in [2.45, 2.75) is 71.9 Å². The number of carbonyl (C=O) groups is 1. The molecule has 0 saturated carbocycles. The molecular formula is C22H34N6O2. The third-order valence-electron chi connectivity index (χ3n) is 6.53. The Kier molecular flexibility index (Phi) is 5.95. The van der Waals surface area contributed by atoms with Gasteiger partial charge in [-0.05, 0) is 38.0 Å². The van der Waals surface area contributed by atoms with E-state index in [4.69, 9.17) is 5.10 Å². The number of piperidine rings is 2. The van der Waals surface area contributed by atoms with E-state index in [-0.39, 0.29) is 5.91 Å². The highest BCUT2D eigenvalue weighted by Crippen LogP contribution is 2.40. The highest BCUT2D eigenvalue weighted by Gasteiger charge is 2.45. The van der Waals surface area contributed by atoms with Crippen LogP contribution in [0.3, 0.4) is 0 Å². The standard InChI is InChI=1S/C22H34N6O2/c1-4-5-8-28-20-18(17(26-28)11-15(2)3)19(24-14-25-20)27-9-6-22(7-10-27)12-16(29)13-23-21(22)30/h14-16,29H,4-13H2,1-3H3,(H,23,30). The quantitative estimate of drug-likeness (QED) is 0.753. The van der Waals surface area contributed by atoms with E-state index in [1.807, 2.05) is 4.68 Å². The van der Waals surface area contributed by atoms with Gasteiger partial charge in [-0.1, -0.05) is 27.2 Å². The lowest BCUT2D eigenvalue weighted by molar-refractivity contribution is -0.138. The van der Waals surface area contributed by atoms with Gasteiger partial charge in [-0.3, -0.25) is 4.79 Å². The summed E-state index contributed by atoms with van der Waals surface area (Å²) in [5.74, 6) is 1.52. The number of nitrogens with zero attached hydrogens (tertiary/aromatic N) is 5. The second kappa shape index (κ2) is 8.49. The van der Waals surface area contributed by atoms with Gasteiger partial charge in [0, 0.05) is 26.2 Å². The first kappa shape index (κ1) is 21.0. The molecule has 1 atom stereocenters. The Hall–Kier alpha value is -2.22. The summed E-state index contributed by atoms with van der Waals surface area (Å²) in [5.41, 5.74) is 1.53. The van der Waals surface area contributed by atoms with Crippen molar-refractivity contribution in [3.63, 3.8) is 0 Å². The summed E-state index contributed by atoms with van der Waals surface area (Å²) in [6.07, 6.45) is 6.27. The van der Waals surface area contributed by atoms with Crippen LogP contribution in [-0.4, -0.2) is 56.5 Å². The molecule has 4 heterocycles. The summed E-state index contributed by atoms with van der Waals surface area (Å²) in [7, 11) is 0. The molecule has 2 aromatic rings. The molecule has 0 bridgehead atoms. The molecule has 1 spiro atoms. The molecule has 2 aromatic heterocycles. The second-order valence-corrected chi connectivity index (χ2v) is 9.35. The average Bonchev–Trinajstić information content (AvgIpc) is 3.07. The fourth-order valence-corrected chi connectivity index (χ4v) is 4.89. The van der Waals surface area contributed by atoms with Crippen molar-refractivity contribution in [1.82, 2.24) is 25.1 Å². The zero-order valence-corrected chi connectivity index (χ0v) is 18.4. The molecule has 8 nitrogen and oxygen atoms in total. The number of carbonyl (C=O) groups excluding carboxylic acids is 1. The zero-order chi connectivity index (χ0) is 21.3. The molecule has 30 heavy (non-hydrogen) atoms. The van der Waals surface area contributed by atoms with Crippen LogP contribution >= 0.6 is 0 Å². The first-order valence-corrected chi connectivity index (χ1v) is 11.3. The molecule has 164 valence electrons. The molecule has 2 N–H and O–H groups in total. The molecule has 2 aliphatic rings. The molecule has 0 aromatic carbocycles. The number of aryl methyl sites for hydroxylation is 1. The van der Waals surface area contributed by atoms with E-state index in [0.717, 1.165) is 74.3 Å². The molecule has 1 amide bonds. The number of fused-ring (bicyclic) bond motifs is 1. The molecule has 0 aliphatic carbocycles. The molecule has 2 fully saturated rings. The van der Waals surface area contributed by atoms with Crippen LogP contribution in [0.2, 0.25) is 0 Å².